The number of carbonyl (C=O) groups is 2. The fourth-order valence-corrected chi connectivity index (χ4v) is 5.49. The molecule has 3 aliphatic carbocycles. The first kappa shape index (κ1) is 18.3. The summed E-state index contributed by atoms with van der Waals surface area (Å²) in [6.45, 7) is 0. The van der Waals surface area contributed by atoms with Crippen molar-refractivity contribution in [2.75, 3.05) is 0 Å². The number of hydrogen-bond acceptors (Lipinski definition) is 5. The molecule has 0 aromatic rings. The predicted octanol–water partition coefficient (Wildman–Crippen LogP) is 1.57. The third-order valence-corrected chi connectivity index (χ3v) is 6.94. The molecule has 6 nitrogen and oxygen atoms in total. The maximum atomic E-state index is 14.9. The molecule has 2 bridgehead atoms. The average Bonchev–Trinajstić information content (AvgIpc) is 3.21. The first-order valence-electron chi connectivity index (χ1n) is 7.70. The summed E-state index contributed by atoms with van der Waals surface area (Å²) in [4.78, 5) is 23.9. The lowest BCUT2D eigenvalue weighted by Crippen LogP contribution is -2.50. The van der Waals surface area contributed by atoms with Crippen molar-refractivity contribution in [2.45, 2.75) is 23.2 Å². The Bertz CT molecular complexity index is 975. The molecule has 2 fully saturated rings. The minimum atomic E-state index is -5.77. The third kappa shape index (κ3) is 2.16. The molecule has 146 valence electrons. The van der Waals surface area contributed by atoms with Gasteiger partial charge in [0.05, 0.1) is 11.8 Å². The van der Waals surface area contributed by atoms with E-state index < -0.39 is 80.0 Å². The first-order valence-corrected chi connectivity index (χ1v) is 9.10. The highest BCUT2D eigenvalue weighted by Gasteiger charge is 2.68. The number of alkyl halides is 2. The van der Waals surface area contributed by atoms with E-state index in [9.17, 15) is 40.0 Å². The number of amides is 2. The summed E-state index contributed by atoms with van der Waals surface area (Å²) in [5.74, 6) is -11.6. The van der Waals surface area contributed by atoms with Gasteiger partial charge in [0.1, 0.15) is 5.60 Å². The number of allylic oxidation sites excluding steroid dienone is 4. The number of rotatable bonds is 3. The van der Waals surface area contributed by atoms with E-state index in [1.165, 1.54) is 6.08 Å². The van der Waals surface area contributed by atoms with E-state index in [4.69, 9.17) is 4.18 Å². The Morgan fingerprint density at radius 2 is 1.85 bits per heavy atom. The molecular weight excluding hydrogens is 401 g/mol. The Morgan fingerprint density at radius 3 is 2.52 bits per heavy atom. The van der Waals surface area contributed by atoms with Crippen molar-refractivity contribution >= 4 is 21.9 Å². The van der Waals surface area contributed by atoms with Crippen LogP contribution in [0.1, 0.15) is 6.42 Å². The van der Waals surface area contributed by atoms with Gasteiger partial charge in [-0.2, -0.15) is 8.42 Å². The molecule has 0 spiro atoms. The van der Waals surface area contributed by atoms with Crippen molar-refractivity contribution in [3.05, 3.63) is 35.7 Å². The van der Waals surface area contributed by atoms with Crippen molar-refractivity contribution in [1.29, 1.82) is 0 Å². The van der Waals surface area contributed by atoms with Crippen LogP contribution in [0.4, 0.5) is 22.0 Å². The zero-order chi connectivity index (χ0) is 19.9. The highest BCUT2D eigenvalue weighted by Crippen LogP contribution is 2.56. The van der Waals surface area contributed by atoms with Crippen LogP contribution in [0.5, 0.6) is 0 Å². The van der Waals surface area contributed by atoms with Crippen LogP contribution in [-0.2, 0) is 23.9 Å². The minimum absolute atomic E-state index is 0.202. The molecule has 1 saturated carbocycles. The van der Waals surface area contributed by atoms with Crippen LogP contribution in [0.3, 0.4) is 0 Å². The molecule has 0 radical (unpaired) electrons. The largest absolute Gasteiger partial charge is 0.311 e. The summed E-state index contributed by atoms with van der Waals surface area (Å²) in [5.41, 5.74) is -2.01. The molecule has 27 heavy (non-hydrogen) atoms. The Morgan fingerprint density at radius 1 is 1.19 bits per heavy atom. The molecule has 12 heteroatoms. The smallest absolute Gasteiger partial charge is 0.296 e. The van der Waals surface area contributed by atoms with Crippen molar-refractivity contribution in [2.24, 2.45) is 17.8 Å². The first-order chi connectivity index (χ1) is 12.4. The van der Waals surface area contributed by atoms with Gasteiger partial charge in [0.15, 0.2) is 17.5 Å². The average molecular weight is 411 g/mol. The van der Waals surface area contributed by atoms with E-state index in [2.05, 4.69) is 0 Å². The van der Waals surface area contributed by atoms with Gasteiger partial charge in [-0.05, 0) is 12.3 Å². The van der Waals surface area contributed by atoms with Crippen LogP contribution < -0.4 is 5.32 Å². The molecular formula is C15H10F5NO5S. The van der Waals surface area contributed by atoms with Crippen molar-refractivity contribution in [3.63, 3.8) is 0 Å². The zero-order valence-corrected chi connectivity index (χ0v) is 13.9. The van der Waals surface area contributed by atoms with Crippen molar-refractivity contribution in [3.8, 4) is 0 Å². The van der Waals surface area contributed by atoms with Gasteiger partial charge in [-0.15, -0.1) is 0 Å². The lowest BCUT2D eigenvalue weighted by molar-refractivity contribution is -0.128. The van der Waals surface area contributed by atoms with E-state index >= 15 is 0 Å². The molecule has 4 rings (SSSR count). The van der Waals surface area contributed by atoms with Crippen LogP contribution in [0.25, 0.3) is 0 Å². The number of carbonyl (C=O) groups excluding carboxylic acids is 2. The van der Waals surface area contributed by atoms with Gasteiger partial charge in [-0.3, -0.25) is 19.1 Å². The van der Waals surface area contributed by atoms with Crippen molar-refractivity contribution < 1.29 is 44.1 Å². The van der Waals surface area contributed by atoms with E-state index in [-0.39, 0.29) is 6.42 Å². The van der Waals surface area contributed by atoms with Crippen LogP contribution >= 0.6 is 0 Å². The monoisotopic (exact) mass is 411 g/mol. The number of halogens is 5. The summed E-state index contributed by atoms with van der Waals surface area (Å²) in [6.07, 6.45) is -1.96. The lowest BCUT2D eigenvalue weighted by Gasteiger charge is -2.34. The topological polar surface area (TPSA) is 89.5 Å². The SMILES string of the molecule is O=C1NC(=O)C2C1C1C=CC2(OS(=O)(=O)C2(F)C=C(F)C(F)=C(F)C2F)C1. The predicted molar refractivity (Wildman–Crippen MR) is 77.3 cm³/mol. The van der Waals surface area contributed by atoms with Gasteiger partial charge in [-0.1, -0.05) is 12.2 Å². The summed E-state index contributed by atoms with van der Waals surface area (Å²) >= 11 is 0. The van der Waals surface area contributed by atoms with E-state index in [1.807, 2.05) is 5.32 Å². The Kier molecular flexibility index (Phi) is 3.56. The Hall–Kier alpha value is -2.08. The highest BCUT2D eigenvalue weighted by molar-refractivity contribution is 7.88. The Balaban J connectivity index is 1.74. The highest BCUT2D eigenvalue weighted by atomic mass is 32.2. The standard InChI is InChI=1S/C15H10F5NO5S/c16-6-4-15(20,11(19)10(18)9(6)17)27(24,25)26-14-2-1-5(3-14)7-8(14)13(23)21-12(7)22/h1-2,4-5,7-8,11H,3H2,(H,21,22,23). The summed E-state index contributed by atoms with van der Waals surface area (Å²) < 4.78 is 98.4. The van der Waals surface area contributed by atoms with Crippen molar-refractivity contribution in [1.82, 2.24) is 5.32 Å². The molecule has 0 aromatic heterocycles. The number of fused-ring (bicyclic) bond motifs is 5. The molecule has 6 unspecified atom stereocenters. The van der Waals surface area contributed by atoms with Crippen LogP contribution in [0.2, 0.25) is 0 Å². The zero-order valence-electron chi connectivity index (χ0n) is 13.1. The van der Waals surface area contributed by atoms with Gasteiger partial charge in [0, 0.05) is 6.08 Å². The third-order valence-electron chi connectivity index (χ3n) is 5.32. The van der Waals surface area contributed by atoms with E-state index in [1.54, 1.807) is 0 Å². The second kappa shape index (κ2) is 5.25. The van der Waals surface area contributed by atoms with Gasteiger partial charge < -0.3 is 0 Å². The summed E-state index contributed by atoms with van der Waals surface area (Å²) in [7, 11) is -5.77. The lowest BCUT2D eigenvalue weighted by atomic mass is 9.83. The van der Waals surface area contributed by atoms with E-state index in [0.29, 0.717) is 0 Å². The fraction of sp³-hybridized carbons (Fsp3) is 0.467. The molecule has 0 aromatic carbocycles. The fourth-order valence-electron chi connectivity index (χ4n) is 4.12. The van der Waals surface area contributed by atoms with Crippen LogP contribution in [0, 0.1) is 17.8 Å². The van der Waals surface area contributed by atoms with Gasteiger partial charge in [0.2, 0.25) is 18.0 Å². The van der Waals surface area contributed by atoms with Gasteiger partial charge in [-0.25, -0.2) is 22.0 Å². The molecule has 4 aliphatic rings. The van der Waals surface area contributed by atoms with Gasteiger partial charge >= 0.3 is 10.1 Å². The number of nitrogens with one attached hydrogen (secondary N) is 1. The quantitative estimate of drug-likeness (QED) is 0.330. The molecule has 1 saturated heterocycles. The summed E-state index contributed by atoms with van der Waals surface area (Å²) in [5, 5.41) is -2.40. The van der Waals surface area contributed by atoms with Crippen LogP contribution in [-0.4, -0.2) is 37.0 Å². The summed E-state index contributed by atoms with van der Waals surface area (Å²) in [6, 6.07) is 0. The molecule has 2 amide bonds. The molecule has 1 aliphatic heterocycles. The van der Waals surface area contributed by atoms with Gasteiger partial charge in [0.25, 0.3) is 5.00 Å². The van der Waals surface area contributed by atoms with E-state index in [0.717, 1.165) is 6.08 Å². The Labute approximate surface area is 148 Å². The number of imide groups is 1. The minimum Gasteiger partial charge on any atom is -0.296 e. The molecule has 1 N–H and O–H groups in total. The second-order valence-corrected chi connectivity index (χ2v) is 8.49. The second-order valence-electron chi connectivity index (χ2n) is 6.79. The number of hydrogen-bond donors (Lipinski definition) is 1. The van der Waals surface area contributed by atoms with Crippen LogP contribution in [0.15, 0.2) is 35.7 Å². The maximum absolute atomic E-state index is 14.9. The normalized spacial score (nSPS) is 43.2. The molecule has 6 atom stereocenters. The maximum Gasteiger partial charge on any atom is 0.311 e. The molecule has 1 heterocycles.